The van der Waals surface area contributed by atoms with E-state index in [9.17, 15) is 0 Å². The fourth-order valence-electron chi connectivity index (χ4n) is 2.64. The monoisotopic (exact) mass is 301 g/mol. The van der Waals surface area contributed by atoms with E-state index in [0.717, 1.165) is 30.6 Å². The van der Waals surface area contributed by atoms with Crippen LogP contribution in [0.15, 0.2) is 22.9 Å². The van der Waals surface area contributed by atoms with Crippen LogP contribution in [0.1, 0.15) is 35.2 Å². The Kier molecular flexibility index (Phi) is 4.27. The highest BCUT2D eigenvalue weighted by Gasteiger charge is 2.22. The van der Waals surface area contributed by atoms with Gasteiger partial charge in [0.1, 0.15) is 5.82 Å². The van der Waals surface area contributed by atoms with E-state index in [1.165, 1.54) is 29.5 Å². The van der Waals surface area contributed by atoms with Crippen molar-refractivity contribution >= 4 is 17.2 Å². The summed E-state index contributed by atoms with van der Waals surface area (Å²) < 4.78 is 0. The highest BCUT2D eigenvalue weighted by atomic mass is 32.1. The third kappa shape index (κ3) is 3.63. The molecule has 0 amide bonds. The Morgan fingerprint density at radius 2 is 2.19 bits per heavy atom. The highest BCUT2D eigenvalue weighted by Crippen LogP contribution is 2.26. The van der Waals surface area contributed by atoms with Crippen molar-refractivity contribution in [2.24, 2.45) is 0 Å². The Labute approximate surface area is 131 Å². The van der Waals surface area contributed by atoms with Gasteiger partial charge in [0.25, 0.3) is 0 Å². The quantitative estimate of drug-likeness (QED) is 0.883. The highest BCUT2D eigenvalue weighted by molar-refractivity contribution is 7.07. The second kappa shape index (κ2) is 6.16. The molecular weight excluding hydrogens is 278 g/mol. The van der Waals surface area contributed by atoms with Crippen LogP contribution in [0.4, 0.5) is 5.82 Å². The Bertz CT molecular complexity index is 603. The first kappa shape index (κ1) is 14.5. The first-order chi connectivity index (χ1) is 10.1. The summed E-state index contributed by atoms with van der Waals surface area (Å²) in [5, 5.41) is 7.96. The van der Waals surface area contributed by atoms with E-state index < -0.39 is 0 Å². The lowest BCUT2D eigenvalue weighted by Crippen LogP contribution is -2.23. The van der Waals surface area contributed by atoms with Crippen LogP contribution in [0.25, 0.3) is 0 Å². The molecular formula is C17H23N3S. The molecule has 0 radical (unpaired) electrons. The lowest BCUT2D eigenvalue weighted by atomic mass is 10.1. The van der Waals surface area contributed by atoms with E-state index >= 15 is 0 Å². The molecule has 0 bridgehead atoms. The molecule has 0 unspecified atom stereocenters. The van der Waals surface area contributed by atoms with Crippen molar-refractivity contribution < 1.29 is 0 Å². The number of hydrogen-bond donors (Lipinski definition) is 1. The standard InChI is InChI=1S/C17H23N3S/c1-12-8-13(2)19-17(16(12)9-18-15-4-5-15)20(3)10-14-6-7-21-11-14/h6-8,11,15,18H,4-5,9-10H2,1-3H3. The van der Waals surface area contributed by atoms with Crippen molar-refractivity contribution in [2.45, 2.75) is 45.8 Å². The molecule has 1 fully saturated rings. The molecule has 4 heteroatoms. The molecule has 0 atom stereocenters. The Morgan fingerprint density at radius 3 is 2.86 bits per heavy atom. The van der Waals surface area contributed by atoms with E-state index in [0.29, 0.717) is 0 Å². The Hall–Kier alpha value is -1.39. The van der Waals surface area contributed by atoms with Gasteiger partial charge in [-0.15, -0.1) is 0 Å². The maximum atomic E-state index is 4.80. The SMILES string of the molecule is Cc1cc(C)c(CNC2CC2)c(N(C)Cc2ccsc2)n1. The third-order valence-corrected chi connectivity index (χ3v) is 4.69. The first-order valence-electron chi connectivity index (χ1n) is 7.56. The number of nitrogens with zero attached hydrogens (tertiary/aromatic N) is 2. The zero-order valence-electron chi connectivity index (χ0n) is 13.0. The van der Waals surface area contributed by atoms with Crippen molar-refractivity contribution in [1.29, 1.82) is 0 Å². The summed E-state index contributed by atoms with van der Waals surface area (Å²) in [7, 11) is 2.14. The summed E-state index contributed by atoms with van der Waals surface area (Å²) in [5.74, 6) is 1.12. The van der Waals surface area contributed by atoms with Crippen molar-refractivity contribution in [1.82, 2.24) is 10.3 Å². The van der Waals surface area contributed by atoms with Gasteiger partial charge in [-0.1, -0.05) is 0 Å². The zero-order chi connectivity index (χ0) is 14.8. The van der Waals surface area contributed by atoms with E-state index in [1.54, 1.807) is 11.3 Å². The van der Waals surface area contributed by atoms with Crippen LogP contribution >= 0.6 is 11.3 Å². The van der Waals surface area contributed by atoms with Gasteiger partial charge in [0.05, 0.1) is 0 Å². The lowest BCUT2D eigenvalue weighted by molar-refractivity contribution is 0.679. The largest absolute Gasteiger partial charge is 0.355 e. The lowest BCUT2D eigenvalue weighted by Gasteiger charge is -2.23. The molecule has 2 aromatic heterocycles. The van der Waals surface area contributed by atoms with Crippen LogP contribution in [0, 0.1) is 13.8 Å². The minimum absolute atomic E-state index is 0.723. The molecule has 1 aliphatic rings. The van der Waals surface area contributed by atoms with Crippen molar-refractivity contribution in [3.05, 3.63) is 45.3 Å². The zero-order valence-corrected chi connectivity index (χ0v) is 13.8. The predicted molar refractivity (Wildman–Crippen MR) is 90.0 cm³/mol. The van der Waals surface area contributed by atoms with Crippen LogP contribution in [-0.4, -0.2) is 18.1 Å². The molecule has 1 saturated carbocycles. The smallest absolute Gasteiger partial charge is 0.133 e. The average molecular weight is 301 g/mol. The van der Waals surface area contributed by atoms with Gasteiger partial charge in [-0.3, -0.25) is 0 Å². The van der Waals surface area contributed by atoms with Crippen LogP contribution in [0.5, 0.6) is 0 Å². The number of aromatic nitrogens is 1. The van der Waals surface area contributed by atoms with Crippen LogP contribution in [0.2, 0.25) is 0 Å². The second-order valence-corrected chi connectivity index (χ2v) is 6.81. The summed E-state index contributed by atoms with van der Waals surface area (Å²) in [6, 6.07) is 5.10. The summed E-state index contributed by atoms with van der Waals surface area (Å²) in [5.41, 5.74) is 5.12. The van der Waals surface area contributed by atoms with E-state index in [-0.39, 0.29) is 0 Å². The molecule has 21 heavy (non-hydrogen) atoms. The second-order valence-electron chi connectivity index (χ2n) is 6.03. The topological polar surface area (TPSA) is 28.2 Å². The Morgan fingerprint density at radius 1 is 1.38 bits per heavy atom. The number of thiophene rings is 1. The van der Waals surface area contributed by atoms with Crippen molar-refractivity contribution in [2.75, 3.05) is 11.9 Å². The predicted octanol–water partition coefficient (Wildman–Crippen LogP) is 3.65. The maximum Gasteiger partial charge on any atom is 0.133 e. The molecule has 0 aliphatic heterocycles. The number of aryl methyl sites for hydroxylation is 2. The number of nitrogens with one attached hydrogen (secondary N) is 1. The van der Waals surface area contributed by atoms with E-state index in [1.807, 2.05) is 0 Å². The first-order valence-corrected chi connectivity index (χ1v) is 8.50. The van der Waals surface area contributed by atoms with Gasteiger partial charge in [0.15, 0.2) is 0 Å². The molecule has 3 nitrogen and oxygen atoms in total. The maximum absolute atomic E-state index is 4.80. The van der Waals surface area contributed by atoms with E-state index in [2.05, 4.69) is 54.0 Å². The summed E-state index contributed by atoms with van der Waals surface area (Å²) in [6.07, 6.45) is 2.64. The summed E-state index contributed by atoms with van der Waals surface area (Å²) in [4.78, 5) is 7.07. The molecule has 0 saturated heterocycles. The molecule has 0 spiro atoms. The van der Waals surface area contributed by atoms with Gasteiger partial charge in [0.2, 0.25) is 0 Å². The normalized spacial score (nSPS) is 14.4. The minimum atomic E-state index is 0.723. The number of hydrogen-bond acceptors (Lipinski definition) is 4. The molecule has 0 aromatic carbocycles. The van der Waals surface area contributed by atoms with Gasteiger partial charge in [-0.05, 0) is 60.7 Å². The third-order valence-electron chi connectivity index (χ3n) is 3.96. The number of anilines is 1. The van der Waals surface area contributed by atoms with Crippen molar-refractivity contribution in [3.8, 4) is 0 Å². The number of pyridine rings is 1. The van der Waals surface area contributed by atoms with Gasteiger partial charge >= 0.3 is 0 Å². The van der Waals surface area contributed by atoms with Gasteiger partial charge in [-0.25, -0.2) is 4.98 Å². The fraction of sp³-hybridized carbons (Fsp3) is 0.471. The van der Waals surface area contributed by atoms with E-state index in [4.69, 9.17) is 4.98 Å². The molecule has 2 aromatic rings. The fourth-order valence-corrected chi connectivity index (χ4v) is 3.30. The minimum Gasteiger partial charge on any atom is -0.355 e. The molecule has 3 rings (SSSR count). The molecule has 1 N–H and O–H groups in total. The van der Waals surface area contributed by atoms with Crippen LogP contribution < -0.4 is 10.2 Å². The van der Waals surface area contributed by atoms with Gasteiger partial charge in [0, 0.05) is 37.4 Å². The van der Waals surface area contributed by atoms with Crippen LogP contribution in [-0.2, 0) is 13.1 Å². The summed E-state index contributed by atoms with van der Waals surface area (Å²) in [6.45, 7) is 6.11. The molecule has 2 heterocycles. The van der Waals surface area contributed by atoms with Gasteiger partial charge < -0.3 is 10.2 Å². The average Bonchev–Trinajstić information content (AvgIpc) is 3.13. The molecule has 112 valence electrons. The molecule has 1 aliphatic carbocycles. The van der Waals surface area contributed by atoms with Crippen molar-refractivity contribution in [3.63, 3.8) is 0 Å². The Balaban J connectivity index is 1.83. The van der Waals surface area contributed by atoms with Crippen LogP contribution in [0.3, 0.4) is 0 Å². The number of rotatable bonds is 6. The summed E-state index contributed by atoms with van der Waals surface area (Å²) >= 11 is 1.75. The van der Waals surface area contributed by atoms with Gasteiger partial charge in [-0.2, -0.15) is 11.3 Å².